The second kappa shape index (κ2) is 6.80. The van der Waals surface area contributed by atoms with Crippen molar-refractivity contribution in [2.24, 2.45) is 5.92 Å². The Hall–Kier alpha value is -1.10. The molecule has 1 aromatic carbocycles. The van der Waals surface area contributed by atoms with Crippen LogP contribution in [0.25, 0.3) is 0 Å². The summed E-state index contributed by atoms with van der Waals surface area (Å²) in [6.07, 6.45) is 4.46. The summed E-state index contributed by atoms with van der Waals surface area (Å²) >= 11 is 0. The third-order valence-electron chi connectivity index (χ3n) is 5.49. The van der Waals surface area contributed by atoms with E-state index in [0.29, 0.717) is 12.1 Å². The van der Waals surface area contributed by atoms with E-state index in [4.69, 9.17) is 9.47 Å². The molecule has 0 amide bonds. The Kier molecular flexibility index (Phi) is 4.56. The predicted molar refractivity (Wildman–Crippen MR) is 90.7 cm³/mol. The zero-order chi connectivity index (χ0) is 15.6. The molecular weight excluding hydrogens is 288 g/mol. The van der Waals surface area contributed by atoms with Gasteiger partial charge in [0.05, 0.1) is 13.2 Å². The minimum absolute atomic E-state index is 0.474. The smallest absolute Gasteiger partial charge is 0.118 e. The van der Waals surface area contributed by atoms with E-state index >= 15 is 0 Å². The van der Waals surface area contributed by atoms with Crippen LogP contribution in [0.1, 0.15) is 24.8 Å². The van der Waals surface area contributed by atoms with Crippen molar-refractivity contribution in [2.45, 2.75) is 38.0 Å². The highest BCUT2D eigenvalue weighted by molar-refractivity contribution is 5.27. The fourth-order valence-corrected chi connectivity index (χ4v) is 3.87. The van der Waals surface area contributed by atoms with E-state index in [1.54, 1.807) is 7.11 Å². The van der Waals surface area contributed by atoms with Gasteiger partial charge in [-0.15, -0.1) is 0 Å². The highest BCUT2D eigenvalue weighted by Crippen LogP contribution is 2.31. The summed E-state index contributed by atoms with van der Waals surface area (Å²) < 4.78 is 11.4. The Morgan fingerprint density at radius 1 is 1.09 bits per heavy atom. The first-order chi connectivity index (χ1) is 11.3. The van der Waals surface area contributed by atoms with Crippen LogP contribution in [-0.2, 0) is 11.3 Å². The van der Waals surface area contributed by atoms with Gasteiger partial charge in [0, 0.05) is 45.4 Å². The zero-order valence-corrected chi connectivity index (χ0v) is 14.1. The van der Waals surface area contributed by atoms with E-state index in [1.165, 1.54) is 37.9 Å². The van der Waals surface area contributed by atoms with Gasteiger partial charge >= 0.3 is 0 Å². The lowest BCUT2D eigenvalue weighted by atomic mass is 10.1. The summed E-state index contributed by atoms with van der Waals surface area (Å²) in [5, 5.41) is 0. The number of ether oxygens (including phenoxy) is 2. The molecule has 4 heteroatoms. The van der Waals surface area contributed by atoms with Crippen LogP contribution in [0.3, 0.4) is 0 Å². The fraction of sp³-hybridized carbons (Fsp3) is 0.684. The predicted octanol–water partition coefficient (Wildman–Crippen LogP) is 2.38. The molecular formula is C19H28N2O2. The van der Waals surface area contributed by atoms with Gasteiger partial charge in [-0.3, -0.25) is 9.80 Å². The Morgan fingerprint density at radius 2 is 1.91 bits per heavy atom. The lowest BCUT2D eigenvalue weighted by Gasteiger charge is -2.37. The van der Waals surface area contributed by atoms with E-state index in [9.17, 15) is 0 Å². The normalized spacial score (nSPS) is 28.7. The standard InChI is InChI=1S/C19H28N2O2/c1-22-18-6-4-15(5-7-18)11-20-8-9-21-13-19(10-17(21)12-20)23-14-16-2-3-16/h4-7,16-17,19H,2-3,8-14H2,1H3. The lowest BCUT2D eigenvalue weighted by molar-refractivity contribution is 0.0508. The van der Waals surface area contributed by atoms with Crippen molar-refractivity contribution in [3.8, 4) is 5.75 Å². The van der Waals surface area contributed by atoms with Crippen LogP contribution in [-0.4, -0.2) is 61.8 Å². The molecule has 4 nitrogen and oxygen atoms in total. The summed E-state index contributed by atoms with van der Waals surface area (Å²) in [7, 11) is 1.72. The molecule has 0 spiro atoms. The van der Waals surface area contributed by atoms with Crippen LogP contribution in [0.15, 0.2) is 24.3 Å². The summed E-state index contributed by atoms with van der Waals surface area (Å²) in [5.74, 6) is 1.81. The first kappa shape index (κ1) is 15.4. The van der Waals surface area contributed by atoms with Gasteiger partial charge in [0.1, 0.15) is 5.75 Å². The molecule has 126 valence electrons. The maximum atomic E-state index is 6.12. The third-order valence-corrected chi connectivity index (χ3v) is 5.49. The number of fused-ring (bicyclic) bond motifs is 1. The molecule has 2 heterocycles. The van der Waals surface area contributed by atoms with Crippen molar-refractivity contribution in [1.82, 2.24) is 9.80 Å². The van der Waals surface area contributed by atoms with E-state index in [-0.39, 0.29) is 0 Å². The number of benzene rings is 1. The molecule has 2 aliphatic heterocycles. The molecule has 0 N–H and O–H groups in total. The minimum atomic E-state index is 0.474. The van der Waals surface area contributed by atoms with Crippen molar-refractivity contribution in [3.63, 3.8) is 0 Å². The van der Waals surface area contributed by atoms with Crippen LogP contribution in [0.4, 0.5) is 0 Å². The van der Waals surface area contributed by atoms with Crippen LogP contribution in [0, 0.1) is 5.92 Å². The molecule has 0 bridgehead atoms. The monoisotopic (exact) mass is 316 g/mol. The average molecular weight is 316 g/mol. The van der Waals surface area contributed by atoms with Gasteiger partial charge < -0.3 is 9.47 Å². The quantitative estimate of drug-likeness (QED) is 0.804. The maximum absolute atomic E-state index is 6.12. The van der Waals surface area contributed by atoms with Gasteiger partial charge in [0.15, 0.2) is 0 Å². The van der Waals surface area contributed by atoms with Crippen LogP contribution in [0.2, 0.25) is 0 Å². The molecule has 2 atom stereocenters. The van der Waals surface area contributed by atoms with E-state index in [2.05, 4.69) is 34.1 Å². The molecule has 1 saturated carbocycles. The molecule has 2 unspecified atom stereocenters. The molecule has 0 aromatic heterocycles. The Morgan fingerprint density at radius 3 is 2.65 bits per heavy atom. The Balaban J connectivity index is 1.27. The van der Waals surface area contributed by atoms with E-state index in [1.807, 2.05) is 0 Å². The van der Waals surface area contributed by atoms with Gasteiger partial charge in [0.2, 0.25) is 0 Å². The highest BCUT2D eigenvalue weighted by atomic mass is 16.5. The molecule has 23 heavy (non-hydrogen) atoms. The van der Waals surface area contributed by atoms with E-state index in [0.717, 1.165) is 37.9 Å². The average Bonchev–Trinajstić information content (AvgIpc) is 3.32. The second-order valence-electron chi connectivity index (χ2n) is 7.37. The highest BCUT2D eigenvalue weighted by Gasteiger charge is 2.37. The molecule has 4 rings (SSSR count). The second-order valence-corrected chi connectivity index (χ2v) is 7.37. The van der Waals surface area contributed by atoms with Crippen LogP contribution in [0.5, 0.6) is 5.75 Å². The Labute approximate surface area is 139 Å². The molecule has 1 aliphatic carbocycles. The largest absolute Gasteiger partial charge is 0.497 e. The molecule has 3 aliphatic rings. The zero-order valence-electron chi connectivity index (χ0n) is 14.1. The van der Waals surface area contributed by atoms with Crippen molar-refractivity contribution in [3.05, 3.63) is 29.8 Å². The van der Waals surface area contributed by atoms with Crippen molar-refractivity contribution >= 4 is 0 Å². The minimum Gasteiger partial charge on any atom is -0.497 e. The van der Waals surface area contributed by atoms with Crippen molar-refractivity contribution < 1.29 is 9.47 Å². The number of methoxy groups -OCH3 is 1. The molecule has 0 radical (unpaired) electrons. The number of hydrogen-bond donors (Lipinski definition) is 0. The first-order valence-electron chi connectivity index (χ1n) is 9.01. The third kappa shape index (κ3) is 3.87. The molecule has 2 saturated heterocycles. The summed E-state index contributed by atoms with van der Waals surface area (Å²) in [5.41, 5.74) is 1.37. The topological polar surface area (TPSA) is 24.9 Å². The maximum Gasteiger partial charge on any atom is 0.118 e. The summed E-state index contributed by atoms with van der Waals surface area (Å²) in [6.45, 7) is 6.72. The van der Waals surface area contributed by atoms with Gasteiger partial charge in [-0.05, 0) is 42.9 Å². The van der Waals surface area contributed by atoms with Crippen molar-refractivity contribution in [1.29, 1.82) is 0 Å². The van der Waals surface area contributed by atoms with Crippen LogP contribution < -0.4 is 4.74 Å². The SMILES string of the molecule is COc1ccc(CN2CCN3CC(OCC4CC4)CC3C2)cc1. The number of rotatable bonds is 6. The summed E-state index contributed by atoms with van der Waals surface area (Å²) in [6, 6.07) is 9.17. The molecule has 1 aromatic rings. The van der Waals surface area contributed by atoms with E-state index < -0.39 is 0 Å². The van der Waals surface area contributed by atoms with Crippen molar-refractivity contribution in [2.75, 3.05) is 39.9 Å². The number of nitrogens with zero attached hydrogens (tertiary/aromatic N) is 2. The lowest BCUT2D eigenvalue weighted by Crippen LogP contribution is -2.49. The van der Waals surface area contributed by atoms with Crippen LogP contribution >= 0.6 is 0 Å². The summed E-state index contributed by atoms with van der Waals surface area (Å²) in [4.78, 5) is 5.23. The first-order valence-corrected chi connectivity index (χ1v) is 9.01. The Bertz CT molecular complexity index is 515. The number of piperazine rings is 1. The van der Waals surface area contributed by atoms with Gasteiger partial charge in [-0.25, -0.2) is 0 Å². The van der Waals surface area contributed by atoms with Gasteiger partial charge in [-0.1, -0.05) is 12.1 Å². The number of hydrogen-bond acceptors (Lipinski definition) is 4. The molecule has 3 fully saturated rings. The fourth-order valence-electron chi connectivity index (χ4n) is 3.87. The van der Waals surface area contributed by atoms with Gasteiger partial charge in [0.25, 0.3) is 0 Å². The van der Waals surface area contributed by atoms with Gasteiger partial charge in [-0.2, -0.15) is 0 Å².